The molecule has 1 saturated heterocycles. The van der Waals surface area contributed by atoms with Crippen molar-refractivity contribution in [2.24, 2.45) is 0 Å². The Balaban J connectivity index is 1.27. The molecule has 1 aliphatic heterocycles. The molecule has 0 N–H and O–H groups in total. The number of rotatable bonds is 4. The minimum absolute atomic E-state index is 0.187. The van der Waals surface area contributed by atoms with Gasteiger partial charge in [0.1, 0.15) is 11.9 Å². The number of carbonyl (C=O) groups excluding carboxylic acids is 1. The summed E-state index contributed by atoms with van der Waals surface area (Å²) in [5.41, 5.74) is 2.96. The Morgan fingerprint density at radius 1 is 1.03 bits per heavy atom. The Bertz CT molecular complexity index is 1360. The fraction of sp³-hybridized carbons (Fsp3) is 0.200. The van der Waals surface area contributed by atoms with E-state index in [0.717, 1.165) is 11.1 Å². The predicted octanol–water partition coefficient (Wildman–Crippen LogP) is 4.28. The SMILES string of the molecule is Cc1ccc(-c2nc(C#N)c(N3CCN(C(=O)c4cc(-c5ccc(F)cc5)on4)CC3)o2)cc1. The predicted molar refractivity (Wildman–Crippen MR) is 121 cm³/mol. The summed E-state index contributed by atoms with van der Waals surface area (Å²) in [6.07, 6.45) is 0. The van der Waals surface area contributed by atoms with Gasteiger partial charge in [0.25, 0.3) is 5.91 Å². The number of oxazole rings is 1. The summed E-state index contributed by atoms with van der Waals surface area (Å²) in [6, 6.07) is 17.2. The van der Waals surface area contributed by atoms with Crippen LogP contribution in [0.15, 0.2) is 63.5 Å². The van der Waals surface area contributed by atoms with Crippen molar-refractivity contribution in [3.63, 3.8) is 0 Å². The monoisotopic (exact) mass is 457 g/mol. The topological polar surface area (TPSA) is 99.4 Å². The number of aromatic nitrogens is 2. The van der Waals surface area contributed by atoms with Gasteiger partial charge in [0.15, 0.2) is 11.5 Å². The number of benzene rings is 2. The van der Waals surface area contributed by atoms with Crippen LogP contribution in [0.1, 0.15) is 21.7 Å². The fourth-order valence-corrected chi connectivity index (χ4v) is 3.82. The van der Waals surface area contributed by atoms with Gasteiger partial charge in [-0.2, -0.15) is 10.2 Å². The highest BCUT2D eigenvalue weighted by Crippen LogP contribution is 2.29. The maximum Gasteiger partial charge on any atom is 0.276 e. The largest absolute Gasteiger partial charge is 0.419 e. The van der Waals surface area contributed by atoms with E-state index in [2.05, 4.69) is 16.2 Å². The van der Waals surface area contributed by atoms with Gasteiger partial charge in [-0.25, -0.2) is 4.39 Å². The molecule has 0 atom stereocenters. The van der Waals surface area contributed by atoms with E-state index in [9.17, 15) is 14.4 Å². The molecule has 0 bridgehead atoms. The molecule has 2 aromatic heterocycles. The normalized spacial score (nSPS) is 13.7. The average Bonchev–Trinajstić information content (AvgIpc) is 3.53. The Kier molecular flexibility index (Phi) is 5.55. The van der Waals surface area contributed by atoms with Crippen LogP contribution in [0, 0.1) is 24.1 Å². The van der Waals surface area contributed by atoms with Crippen molar-refractivity contribution < 1.29 is 18.1 Å². The number of hydrogen-bond acceptors (Lipinski definition) is 7. The van der Waals surface area contributed by atoms with Gasteiger partial charge in [-0.05, 0) is 43.3 Å². The van der Waals surface area contributed by atoms with Crippen LogP contribution in [0.3, 0.4) is 0 Å². The molecular formula is C25H20FN5O3. The molecule has 170 valence electrons. The third-order valence-corrected chi connectivity index (χ3v) is 5.73. The zero-order chi connectivity index (χ0) is 23.7. The van der Waals surface area contributed by atoms with Crippen molar-refractivity contribution in [2.45, 2.75) is 6.92 Å². The van der Waals surface area contributed by atoms with E-state index < -0.39 is 0 Å². The summed E-state index contributed by atoms with van der Waals surface area (Å²) in [4.78, 5) is 20.9. The Morgan fingerprint density at radius 3 is 2.38 bits per heavy atom. The molecule has 0 unspecified atom stereocenters. The van der Waals surface area contributed by atoms with E-state index in [1.165, 1.54) is 12.1 Å². The van der Waals surface area contributed by atoms with E-state index >= 15 is 0 Å². The first-order chi connectivity index (χ1) is 16.5. The smallest absolute Gasteiger partial charge is 0.276 e. The fourth-order valence-electron chi connectivity index (χ4n) is 3.82. The standard InChI is InChI=1S/C25H20FN5O3/c1-16-2-4-18(5-3-16)23-28-21(15-27)25(33-23)31-12-10-30(11-13-31)24(32)20-14-22(34-29-20)17-6-8-19(26)9-7-17/h2-9,14H,10-13H2,1H3. The molecule has 0 saturated carbocycles. The summed E-state index contributed by atoms with van der Waals surface area (Å²) < 4.78 is 24.4. The van der Waals surface area contributed by atoms with E-state index in [0.29, 0.717) is 49.3 Å². The minimum atomic E-state index is -0.352. The molecule has 2 aromatic carbocycles. The second kappa shape index (κ2) is 8.83. The molecule has 9 heteroatoms. The van der Waals surface area contributed by atoms with Crippen LogP contribution in [-0.4, -0.2) is 47.1 Å². The Hall–Kier alpha value is -4.45. The van der Waals surface area contributed by atoms with Crippen LogP contribution in [-0.2, 0) is 0 Å². The van der Waals surface area contributed by atoms with Crippen molar-refractivity contribution in [1.29, 1.82) is 5.26 Å². The van der Waals surface area contributed by atoms with Gasteiger partial charge in [0.2, 0.25) is 17.5 Å². The van der Waals surface area contributed by atoms with Crippen molar-refractivity contribution in [3.05, 3.63) is 77.4 Å². The zero-order valence-electron chi connectivity index (χ0n) is 18.4. The third kappa shape index (κ3) is 4.13. The molecule has 0 spiro atoms. The lowest BCUT2D eigenvalue weighted by Gasteiger charge is -2.34. The van der Waals surface area contributed by atoms with Crippen LogP contribution in [0.2, 0.25) is 0 Å². The maximum absolute atomic E-state index is 13.1. The summed E-state index contributed by atoms with van der Waals surface area (Å²) in [5, 5.41) is 13.4. The molecule has 34 heavy (non-hydrogen) atoms. The van der Waals surface area contributed by atoms with Crippen LogP contribution >= 0.6 is 0 Å². The lowest BCUT2D eigenvalue weighted by molar-refractivity contribution is 0.0735. The lowest BCUT2D eigenvalue weighted by Crippen LogP contribution is -2.49. The second-order valence-corrected chi connectivity index (χ2v) is 8.01. The number of anilines is 1. The third-order valence-electron chi connectivity index (χ3n) is 5.73. The van der Waals surface area contributed by atoms with Gasteiger partial charge < -0.3 is 18.7 Å². The number of aryl methyl sites for hydroxylation is 1. The number of hydrogen-bond donors (Lipinski definition) is 0. The van der Waals surface area contributed by atoms with Gasteiger partial charge in [-0.3, -0.25) is 4.79 Å². The molecular weight excluding hydrogens is 437 g/mol. The van der Waals surface area contributed by atoms with Crippen LogP contribution < -0.4 is 4.90 Å². The number of carbonyl (C=O) groups is 1. The highest BCUT2D eigenvalue weighted by Gasteiger charge is 2.28. The molecule has 4 aromatic rings. The summed E-state index contributed by atoms with van der Waals surface area (Å²) in [6.45, 7) is 3.79. The molecule has 3 heterocycles. The minimum Gasteiger partial charge on any atom is -0.419 e. The molecule has 0 aliphatic carbocycles. The molecule has 1 aliphatic rings. The quantitative estimate of drug-likeness (QED) is 0.451. The van der Waals surface area contributed by atoms with E-state index in [-0.39, 0.29) is 23.1 Å². The molecule has 8 nitrogen and oxygen atoms in total. The number of piperazine rings is 1. The van der Waals surface area contributed by atoms with Crippen molar-refractivity contribution in [3.8, 4) is 28.8 Å². The van der Waals surface area contributed by atoms with E-state index in [1.54, 1.807) is 23.1 Å². The summed E-state index contributed by atoms with van der Waals surface area (Å²) in [5.74, 6) is 0.585. The van der Waals surface area contributed by atoms with Gasteiger partial charge in [0.05, 0.1) is 0 Å². The Morgan fingerprint density at radius 2 is 1.71 bits per heavy atom. The molecule has 5 rings (SSSR count). The van der Waals surface area contributed by atoms with E-state index in [4.69, 9.17) is 8.94 Å². The number of halogens is 1. The molecule has 1 amide bonds. The number of amides is 1. The number of nitrogens with zero attached hydrogens (tertiary/aromatic N) is 5. The zero-order valence-corrected chi connectivity index (χ0v) is 18.4. The van der Waals surface area contributed by atoms with Crippen LogP contribution in [0.25, 0.3) is 22.8 Å². The highest BCUT2D eigenvalue weighted by atomic mass is 19.1. The van der Waals surface area contributed by atoms with Gasteiger partial charge in [-0.15, -0.1) is 0 Å². The van der Waals surface area contributed by atoms with Gasteiger partial charge in [0, 0.05) is 43.4 Å². The van der Waals surface area contributed by atoms with Crippen LogP contribution in [0.4, 0.5) is 10.3 Å². The first kappa shape index (κ1) is 21.4. The lowest BCUT2D eigenvalue weighted by atomic mass is 10.1. The van der Waals surface area contributed by atoms with Crippen molar-refractivity contribution in [1.82, 2.24) is 15.0 Å². The summed E-state index contributed by atoms with van der Waals surface area (Å²) in [7, 11) is 0. The maximum atomic E-state index is 13.1. The molecule has 1 fully saturated rings. The average molecular weight is 457 g/mol. The van der Waals surface area contributed by atoms with Crippen molar-refractivity contribution >= 4 is 11.8 Å². The second-order valence-electron chi connectivity index (χ2n) is 8.01. The highest BCUT2D eigenvalue weighted by molar-refractivity contribution is 5.93. The number of nitriles is 1. The van der Waals surface area contributed by atoms with Gasteiger partial charge in [-0.1, -0.05) is 22.9 Å². The Labute approximate surface area is 194 Å². The first-order valence-electron chi connectivity index (χ1n) is 10.8. The molecule has 0 radical (unpaired) electrons. The summed E-state index contributed by atoms with van der Waals surface area (Å²) >= 11 is 0. The van der Waals surface area contributed by atoms with Crippen LogP contribution in [0.5, 0.6) is 0 Å². The first-order valence-corrected chi connectivity index (χ1v) is 10.8. The van der Waals surface area contributed by atoms with Crippen molar-refractivity contribution in [2.75, 3.05) is 31.1 Å². The van der Waals surface area contributed by atoms with Gasteiger partial charge >= 0.3 is 0 Å². The van der Waals surface area contributed by atoms with E-state index in [1.807, 2.05) is 36.1 Å².